The van der Waals surface area contributed by atoms with Gasteiger partial charge in [0.05, 0.1) is 11.1 Å². The summed E-state index contributed by atoms with van der Waals surface area (Å²) < 4.78 is 13.4. The molecular formula is C10H12ClFO3. The largest absolute Gasteiger partial charge is 0.396 e. The van der Waals surface area contributed by atoms with Gasteiger partial charge in [0.2, 0.25) is 0 Å². The van der Waals surface area contributed by atoms with Crippen LogP contribution in [0.3, 0.4) is 0 Å². The van der Waals surface area contributed by atoms with Crippen LogP contribution in [-0.2, 0) is 0 Å². The number of benzene rings is 1. The average molecular weight is 235 g/mol. The van der Waals surface area contributed by atoms with Crippen LogP contribution < -0.4 is 0 Å². The van der Waals surface area contributed by atoms with E-state index in [1.54, 1.807) is 0 Å². The smallest absolute Gasteiger partial charge is 0.147 e. The van der Waals surface area contributed by atoms with Crippen LogP contribution >= 0.6 is 11.6 Å². The van der Waals surface area contributed by atoms with Crippen LogP contribution in [0.1, 0.15) is 18.1 Å². The van der Waals surface area contributed by atoms with Crippen molar-refractivity contribution in [2.75, 3.05) is 6.61 Å². The van der Waals surface area contributed by atoms with E-state index in [1.807, 2.05) is 0 Å². The summed E-state index contributed by atoms with van der Waals surface area (Å²) in [6.45, 7) is -0.277. The Kier molecular flexibility index (Phi) is 4.47. The van der Waals surface area contributed by atoms with E-state index in [0.29, 0.717) is 0 Å². The second-order valence-electron chi connectivity index (χ2n) is 3.17. The Hall–Kier alpha value is -0.680. The fourth-order valence-electron chi connectivity index (χ4n) is 1.25. The third-order valence-electron chi connectivity index (χ3n) is 2.09. The first-order valence-corrected chi connectivity index (χ1v) is 4.86. The lowest BCUT2D eigenvalue weighted by molar-refractivity contribution is 0.00237. The summed E-state index contributed by atoms with van der Waals surface area (Å²) in [5.41, 5.74) is -0.0662. The third kappa shape index (κ3) is 2.89. The minimum Gasteiger partial charge on any atom is -0.396 e. The van der Waals surface area contributed by atoms with E-state index >= 15 is 0 Å². The van der Waals surface area contributed by atoms with E-state index in [-0.39, 0.29) is 23.6 Å². The Morgan fingerprint density at radius 3 is 2.60 bits per heavy atom. The van der Waals surface area contributed by atoms with Gasteiger partial charge in [-0.1, -0.05) is 23.7 Å². The average Bonchev–Trinajstić information content (AvgIpc) is 2.21. The molecule has 84 valence electrons. The molecular weight excluding hydrogens is 223 g/mol. The van der Waals surface area contributed by atoms with Crippen molar-refractivity contribution in [2.45, 2.75) is 18.6 Å². The molecule has 0 spiro atoms. The summed E-state index contributed by atoms with van der Waals surface area (Å²) in [4.78, 5) is 0. The molecule has 3 N–H and O–H groups in total. The second-order valence-corrected chi connectivity index (χ2v) is 3.57. The molecule has 1 aromatic carbocycles. The minimum atomic E-state index is -1.38. The van der Waals surface area contributed by atoms with Crippen molar-refractivity contribution in [1.29, 1.82) is 0 Å². The molecule has 0 saturated carbocycles. The molecule has 3 nitrogen and oxygen atoms in total. The SMILES string of the molecule is OCCC(O)C(O)c1cccc(Cl)c1F. The van der Waals surface area contributed by atoms with Crippen molar-refractivity contribution < 1.29 is 19.7 Å². The van der Waals surface area contributed by atoms with Crippen molar-refractivity contribution in [1.82, 2.24) is 0 Å². The molecule has 2 atom stereocenters. The highest BCUT2D eigenvalue weighted by Gasteiger charge is 2.21. The molecule has 0 saturated heterocycles. The quantitative estimate of drug-likeness (QED) is 0.735. The first-order chi connectivity index (χ1) is 7.07. The maximum Gasteiger partial charge on any atom is 0.147 e. The highest BCUT2D eigenvalue weighted by atomic mass is 35.5. The Labute approximate surface area is 91.7 Å². The molecule has 0 aliphatic carbocycles. The lowest BCUT2D eigenvalue weighted by atomic mass is 10.0. The van der Waals surface area contributed by atoms with E-state index in [4.69, 9.17) is 16.7 Å². The molecule has 0 bridgehead atoms. The molecule has 0 aliphatic heterocycles. The standard InChI is InChI=1S/C10H12ClFO3/c11-7-3-1-2-6(9(7)12)10(15)8(14)4-5-13/h1-3,8,10,13-15H,4-5H2. The Morgan fingerprint density at radius 2 is 2.00 bits per heavy atom. The monoisotopic (exact) mass is 234 g/mol. The van der Waals surface area contributed by atoms with Gasteiger partial charge in [-0.2, -0.15) is 0 Å². The number of halogens is 2. The number of aliphatic hydroxyl groups excluding tert-OH is 3. The van der Waals surface area contributed by atoms with Crippen molar-refractivity contribution in [3.05, 3.63) is 34.6 Å². The van der Waals surface area contributed by atoms with E-state index in [9.17, 15) is 14.6 Å². The van der Waals surface area contributed by atoms with E-state index in [0.717, 1.165) is 0 Å². The van der Waals surface area contributed by atoms with Crippen molar-refractivity contribution >= 4 is 11.6 Å². The van der Waals surface area contributed by atoms with Crippen LogP contribution in [-0.4, -0.2) is 28.0 Å². The van der Waals surface area contributed by atoms with Crippen LogP contribution in [0.15, 0.2) is 18.2 Å². The molecule has 0 aliphatic rings. The maximum atomic E-state index is 13.4. The second kappa shape index (κ2) is 5.42. The summed E-state index contributed by atoms with van der Waals surface area (Å²) >= 11 is 5.52. The minimum absolute atomic E-state index is 0.0207. The topological polar surface area (TPSA) is 60.7 Å². The summed E-state index contributed by atoms with van der Waals surface area (Å²) in [5, 5.41) is 27.4. The summed E-state index contributed by atoms with van der Waals surface area (Å²) in [5.74, 6) is -0.747. The molecule has 1 aromatic rings. The molecule has 0 aromatic heterocycles. The number of rotatable bonds is 4. The summed E-state index contributed by atoms with van der Waals surface area (Å²) in [7, 11) is 0. The fourth-order valence-corrected chi connectivity index (χ4v) is 1.43. The van der Waals surface area contributed by atoms with Gasteiger partial charge in [0.15, 0.2) is 0 Å². The maximum absolute atomic E-state index is 13.4. The first kappa shape index (κ1) is 12.4. The van der Waals surface area contributed by atoms with Crippen LogP contribution in [0, 0.1) is 5.82 Å². The van der Waals surface area contributed by atoms with Gasteiger partial charge in [0, 0.05) is 12.2 Å². The van der Waals surface area contributed by atoms with Gasteiger partial charge in [0.25, 0.3) is 0 Å². The van der Waals surface area contributed by atoms with Crippen molar-refractivity contribution in [3.63, 3.8) is 0 Å². The predicted molar refractivity (Wildman–Crippen MR) is 54.1 cm³/mol. The van der Waals surface area contributed by atoms with Gasteiger partial charge < -0.3 is 15.3 Å². The predicted octanol–water partition coefficient (Wildman–Crippen LogP) is 1.26. The Bertz CT molecular complexity index is 332. The summed E-state index contributed by atoms with van der Waals surface area (Å²) in [6, 6.07) is 4.17. The van der Waals surface area contributed by atoms with Gasteiger partial charge in [-0.15, -0.1) is 0 Å². The van der Waals surface area contributed by atoms with Crippen LogP contribution in [0.5, 0.6) is 0 Å². The third-order valence-corrected chi connectivity index (χ3v) is 2.38. The van der Waals surface area contributed by atoms with E-state index in [1.165, 1.54) is 18.2 Å². The van der Waals surface area contributed by atoms with Crippen molar-refractivity contribution in [3.8, 4) is 0 Å². The van der Waals surface area contributed by atoms with Gasteiger partial charge in [-0.3, -0.25) is 0 Å². The van der Waals surface area contributed by atoms with Crippen LogP contribution in [0.25, 0.3) is 0 Å². The van der Waals surface area contributed by atoms with Gasteiger partial charge in [-0.25, -0.2) is 4.39 Å². The molecule has 1 rings (SSSR count). The summed E-state index contributed by atoms with van der Waals surface area (Å²) in [6.07, 6.45) is -2.61. The molecule has 2 unspecified atom stereocenters. The lowest BCUT2D eigenvalue weighted by Gasteiger charge is -2.18. The Balaban J connectivity index is 2.90. The molecule has 0 radical (unpaired) electrons. The number of aliphatic hydroxyl groups is 3. The normalized spacial score (nSPS) is 15.0. The van der Waals surface area contributed by atoms with Gasteiger partial charge in [0.1, 0.15) is 11.9 Å². The zero-order valence-corrected chi connectivity index (χ0v) is 8.65. The zero-order chi connectivity index (χ0) is 11.4. The molecule has 5 heteroatoms. The highest BCUT2D eigenvalue weighted by molar-refractivity contribution is 6.30. The van der Waals surface area contributed by atoms with Crippen LogP contribution in [0.2, 0.25) is 5.02 Å². The van der Waals surface area contributed by atoms with E-state index in [2.05, 4.69) is 0 Å². The number of hydrogen-bond donors (Lipinski definition) is 3. The van der Waals surface area contributed by atoms with Crippen LogP contribution in [0.4, 0.5) is 4.39 Å². The highest BCUT2D eigenvalue weighted by Crippen LogP contribution is 2.26. The lowest BCUT2D eigenvalue weighted by Crippen LogP contribution is -2.20. The molecule has 0 amide bonds. The molecule has 0 fully saturated rings. The molecule has 0 heterocycles. The molecule has 15 heavy (non-hydrogen) atoms. The van der Waals surface area contributed by atoms with E-state index < -0.39 is 18.0 Å². The van der Waals surface area contributed by atoms with Gasteiger partial charge in [-0.05, 0) is 12.5 Å². The van der Waals surface area contributed by atoms with Crippen molar-refractivity contribution in [2.24, 2.45) is 0 Å². The first-order valence-electron chi connectivity index (χ1n) is 4.48. The van der Waals surface area contributed by atoms with Gasteiger partial charge >= 0.3 is 0 Å². The fraction of sp³-hybridized carbons (Fsp3) is 0.400. The zero-order valence-electron chi connectivity index (χ0n) is 7.90. The number of hydrogen-bond acceptors (Lipinski definition) is 3. The Morgan fingerprint density at radius 1 is 1.33 bits per heavy atom.